The molecule has 0 aromatic heterocycles. The average Bonchev–Trinajstić information content (AvgIpc) is 3.28. The quantitative estimate of drug-likeness (QED) is 0.220. The van der Waals surface area contributed by atoms with Crippen molar-refractivity contribution in [1.82, 2.24) is 0 Å². The fraction of sp³-hybridized carbons (Fsp3) is 0.222. The Morgan fingerprint density at radius 2 is 1.32 bits per heavy atom. The van der Waals surface area contributed by atoms with Crippen LogP contribution in [-0.2, 0) is 5.41 Å². The van der Waals surface area contributed by atoms with Crippen LogP contribution in [0.25, 0.3) is 5.57 Å². The van der Waals surface area contributed by atoms with Gasteiger partial charge >= 0.3 is 0 Å². The highest BCUT2D eigenvalue weighted by molar-refractivity contribution is 6.42. The topological polar surface area (TPSA) is 18.5 Å². The molecule has 4 aromatic rings. The molecule has 0 bridgehead atoms. The van der Waals surface area contributed by atoms with E-state index in [4.69, 9.17) is 32.7 Å². The molecule has 4 aromatic carbocycles. The van der Waals surface area contributed by atoms with E-state index < -0.39 is 0 Å². The van der Waals surface area contributed by atoms with Gasteiger partial charge < -0.3 is 9.47 Å². The zero-order valence-electron chi connectivity index (χ0n) is 23.8. The van der Waals surface area contributed by atoms with Crippen LogP contribution in [0, 0.1) is 0 Å². The Balaban J connectivity index is 1.85. The second kappa shape index (κ2) is 11.2. The lowest BCUT2D eigenvalue weighted by atomic mass is 9.68. The minimum absolute atomic E-state index is 0.0222. The van der Waals surface area contributed by atoms with E-state index in [0.717, 1.165) is 17.1 Å². The van der Waals surface area contributed by atoms with Gasteiger partial charge in [-0.1, -0.05) is 97.2 Å². The van der Waals surface area contributed by atoms with E-state index in [1.165, 1.54) is 44.5 Å². The molecule has 1 atom stereocenters. The van der Waals surface area contributed by atoms with Gasteiger partial charge in [0.25, 0.3) is 0 Å². The summed E-state index contributed by atoms with van der Waals surface area (Å²) in [6.07, 6.45) is 0. The molecule has 0 saturated heterocycles. The van der Waals surface area contributed by atoms with Gasteiger partial charge in [0.2, 0.25) is 0 Å². The van der Waals surface area contributed by atoms with Crippen molar-refractivity contribution in [1.29, 1.82) is 0 Å². The summed E-state index contributed by atoms with van der Waals surface area (Å²) in [7, 11) is 3.40. The summed E-state index contributed by atoms with van der Waals surface area (Å²) in [5.74, 6) is 1.71. The summed E-state index contributed by atoms with van der Waals surface area (Å²) in [6.45, 7) is 9.05. The lowest BCUT2D eigenvalue weighted by molar-refractivity contribution is 0.414. The van der Waals surface area contributed by atoms with E-state index in [0.29, 0.717) is 10.0 Å². The third kappa shape index (κ3) is 4.96. The van der Waals surface area contributed by atoms with Crippen molar-refractivity contribution in [3.63, 3.8) is 0 Å². The molecule has 0 fully saturated rings. The van der Waals surface area contributed by atoms with Gasteiger partial charge in [-0.15, -0.1) is 0 Å². The summed E-state index contributed by atoms with van der Waals surface area (Å²) in [6, 6.07) is 31.6. The lowest BCUT2D eigenvalue weighted by Crippen LogP contribution is -2.25. The Kier molecular flexibility index (Phi) is 7.86. The van der Waals surface area contributed by atoms with Crippen LogP contribution in [0.2, 0.25) is 10.0 Å². The number of rotatable bonds is 7. The normalized spacial score (nSPS) is 14.7. The Morgan fingerprint density at radius 1 is 0.725 bits per heavy atom. The van der Waals surface area contributed by atoms with Crippen LogP contribution in [-0.4, -0.2) is 14.2 Å². The van der Waals surface area contributed by atoms with Gasteiger partial charge in [0, 0.05) is 11.3 Å². The van der Waals surface area contributed by atoms with E-state index in [-0.39, 0.29) is 11.3 Å². The second-order valence-electron chi connectivity index (χ2n) is 10.9. The van der Waals surface area contributed by atoms with Crippen molar-refractivity contribution in [3.8, 4) is 11.5 Å². The molecule has 0 aliphatic heterocycles. The van der Waals surface area contributed by atoms with Crippen molar-refractivity contribution < 1.29 is 9.47 Å². The van der Waals surface area contributed by atoms with Crippen LogP contribution in [0.4, 0.5) is 0 Å². The molecular weight excluding hydrogens is 535 g/mol. The van der Waals surface area contributed by atoms with Crippen molar-refractivity contribution in [2.45, 2.75) is 39.0 Å². The predicted octanol–water partition coefficient (Wildman–Crippen LogP) is 10.3. The molecular formula is C36H34Cl2O2. The smallest absolute Gasteiger partial charge is 0.118 e. The van der Waals surface area contributed by atoms with E-state index in [2.05, 4.69) is 82.3 Å². The fourth-order valence-corrected chi connectivity index (χ4v) is 6.48. The Hall–Kier alpha value is -3.46. The van der Waals surface area contributed by atoms with Crippen molar-refractivity contribution in [3.05, 3.63) is 146 Å². The molecule has 1 aliphatic carbocycles. The number of methoxy groups -OCH3 is 2. The maximum Gasteiger partial charge on any atom is 0.118 e. The maximum atomic E-state index is 6.62. The number of hydrogen-bond acceptors (Lipinski definition) is 2. The number of allylic oxidation sites excluding steroid dienone is 3. The molecule has 0 saturated carbocycles. The van der Waals surface area contributed by atoms with Crippen LogP contribution in [0.3, 0.4) is 0 Å². The predicted molar refractivity (Wildman–Crippen MR) is 168 cm³/mol. The van der Waals surface area contributed by atoms with Gasteiger partial charge in [-0.05, 0) is 94.8 Å². The van der Waals surface area contributed by atoms with Gasteiger partial charge in [0.15, 0.2) is 0 Å². The monoisotopic (exact) mass is 568 g/mol. The molecule has 40 heavy (non-hydrogen) atoms. The molecule has 0 spiro atoms. The molecule has 204 valence electrons. The van der Waals surface area contributed by atoms with Crippen LogP contribution >= 0.6 is 23.2 Å². The van der Waals surface area contributed by atoms with Crippen LogP contribution in [0.1, 0.15) is 61.4 Å². The maximum absolute atomic E-state index is 6.62. The molecule has 0 amide bonds. The molecule has 0 N–H and O–H groups in total. The Bertz CT molecular complexity index is 1610. The fourth-order valence-electron chi connectivity index (χ4n) is 6.18. The molecule has 1 unspecified atom stereocenters. The molecule has 0 radical (unpaired) electrons. The Morgan fingerprint density at radius 3 is 1.90 bits per heavy atom. The van der Waals surface area contributed by atoms with Crippen molar-refractivity contribution in [2.24, 2.45) is 0 Å². The summed E-state index contributed by atoms with van der Waals surface area (Å²) < 4.78 is 11.0. The standard InChI is InChI=1S/C36H34Cl2O2/c1-22(2)35(36(3,4)25-14-18-27(40-6)19-15-25)34-32(23-11-16-26(39-5)17-12-23)28-9-7-8-10-29(28)33(34)24-13-20-30(37)31(38)21-24/h7-21,32H,1-6H3. The van der Waals surface area contributed by atoms with Crippen LogP contribution < -0.4 is 9.47 Å². The summed E-state index contributed by atoms with van der Waals surface area (Å²) in [5, 5.41) is 1.09. The van der Waals surface area contributed by atoms with E-state index in [1.807, 2.05) is 36.4 Å². The van der Waals surface area contributed by atoms with Gasteiger partial charge in [0.05, 0.1) is 24.3 Å². The molecule has 0 heterocycles. The highest BCUT2D eigenvalue weighted by atomic mass is 35.5. The van der Waals surface area contributed by atoms with Gasteiger partial charge in [0.1, 0.15) is 11.5 Å². The average molecular weight is 570 g/mol. The van der Waals surface area contributed by atoms with E-state index in [9.17, 15) is 0 Å². The van der Waals surface area contributed by atoms with Crippen LogP contribution in [0.5, 0.6) is 11.5 Å². The summed E-state index contributed by atoms with van der Waals surface area (Å²) in [4.78, 5) is 0. The lowest BCUT2D eigenvalue weighted by Gasteiger charge is -2.35. The molecule has 4 heteroatoms. The molecule has 5 rings (SSSR count). The highest BCUT2D eigenvalue weighted by Crippen LogP contribution is 2.55. The third-order valence-electron chi connectivity index (χ3n) is 7.96. The van der Waals surface area contributed by atoms with Crippen molar-refractivity contribution in [2.75, 3.05) is 14.2 Å². The minimum Gasteiger partial charge on any atom is -0.497 e. The Labute approximate surface area is 247 Å². The first-order valence-corrected chi connectivity index (χ1v) is 14.2. The van der Waals surface area contributed by atoms with Gasteiger partial charge in [-0.25, -0.2) is 0 Å². The zero-order chi connectivity index (χ0) is 28.6. The van der Waals surface area contributed by atoms with Gasteiger partial charge in [-0.2, -0.15) is 0 Å². The van der Waals surface area contributed by atoms with Crippen molar-refractivity contribution >= 4 is 28.8 Å². The first-order valence-electron chi connectivity index (χ1n) is 13.4. The van der Waals surface area contributed by atoms with Crippen LogP contribution in [0.15, 0.2) is 108 Å². The summed E-state index contributed by atoms with van der Waals surface area (Å²) >= 11 is 13.0. The zero-order valence-corrected chi connectivity index (χ0v) is 25.3. The number of halogens is 2. The van der Waals surface area contributed by atoms with E-state index >= 15 is 0 Å². The number of ether oxygens (including phenoxy) is 2. The first-order chi connectivity index (χ1) is 19.2. The SMILES string of the molecule is COc1ccc(C2C(C(=C(C)C)C(C)(C)c3ccc(OC)cc3)=C(c3ccc(Cl)c(Cl)c3)c3ccccc32)cc1. The minimum atomic E-state index is -0.311. The molecule has 2 nitrogen and oxygen atoms in total. The second-order valence-corrected chi connectivity index (χ2v) is 11.8. The summed E-state index contributed by atoms with van der Waals surface area (Å²) in [5.41, 5.74) is 10.7. The largest absolute Gasteiger partial charge is 0.497 e. The van der Waals surface area contributed by atoms with Gasteiger partial charge in [-0.3, -0.25) is 0 Å². The number of hydrogen-bond donors (Lipinski definition) is 0. The first kappa shape index (κ1) is 28.1. The highest BCUT2D eigenvalue weighted by Gasteiger charge is 2.40. The number of benzene rings is 4. The third-order valence-corrected chi connectivity index (χ3v) is 8.70. The number of fused-ring (bicyclic) bond motifs is 1. The van der Waals surface area contributed by atoms with E-state index in [1.54, 1.807) is 14.2 Å². The molecule has 1 aliphatic rings.